The van der Waals surface area contributed by atoms with Crippen molar-refractivity contribution in [2.45, 2.75) is 46.5 Å². The van der Waals surface area contributed by atoms with Crippen LogP contribution in [0.5, 0.6) is 5.75 Å². The first kappa shape index (κ1) is 23.8. The summed E-state index contributed by atoms with van der Waals surface area (Å²) in [5.74, 6) is -0.0711. The lowest BCUT2D eigenvalue weighted by Gasteiger charge is -2.11. The minimum atomic E-state index is -0.493. The maximum Gasteiger partial charge on any atom is 0.266 e. The highest BCUT2D eigenvalue weighted by Gasteiger charge is 2.14. The standard InChI is InChI=1S/C24H26Cl2N2O2/c1-4-5-6-7-10-30-23-20(25)13-18(14-21(23)26)12-19(15-27)24(29)28-22-9-8-16(2)11-17(22)3/h8-9,11-14H,4-7,10H2,1-3H3,(H,28,29)/b19-12+. The lowest BCUT2D eigenvalue weighted by Crippen LogP contribution is -2.14. The molecule has 0 aliphatic carbocycles. The molecule has 0 saturated heterocycles. The van der Waals surface area contributed by atoms with Crippen LogP contribution in [0.25, 0.3) is 6.08 Å². The van der Waals surface area contributed by atoms with Crippen molar-refractivity contribution < 1.29 is 9.53 Å². The number of halogens is 2. The third kappa shape index (κ3) is 6.79. The molecule has 0 aliphatic heterocycles. The zero-order chi connectivity index (χ0) is 22.1. The number of nitrogens with one attached hydrogen (secondary N) is 1. The molecule has 2 rings (SSSR count). The molecule has 0 radical (unpaired) electrons. The molecule has 6 heteroatoms. The molecule has 0 aromatic heterocycles. The second-order valence-corrected chi connectivity index (χ2v) is 7.98. The van der Waals surface area contributed by atoms with E-state index in [2.05, 4.69) is 12.2 Å². The number of anilines is 1. The van der Waals surface area contributed by atoms with Crippen LogP contribution in [-0.4, -0.2) is 12.5 Å². The lowest BCUT2D eigenvalue weighted by atomic mass is 10.1. The van der Waals surface area contributed by atoms with Crippen molar-refractivity contribution in [1.82, 2.24) is 0 Å². The van der Waals surface area contributed by atoms with E-state index >= 15 is 0 Å². The molecule has 1 amide bonds. The molecule has 0 fully saturated rings. The number of rotatable bonds is 9. The number of hydrogen-bond donors (Lipinski definition) is 1. The molecule has 30 heavy (non-hydrogen) atoms. The molecule has 2 aromatic carbocycles. The molecule has 0 heterocycles. The van der Waals surface area contributed by atoms with E-state index in [0.717, 1.165) is 36.8 Å². The van der Waals surface area contributed by atoms with Crippen LogP contribution in [0, 0.1) is 25.2 Å². The largest absolute Gasteiger partial charge is 0.490 e. The summed E-state index contributed by atoms with van der Waals surface area (Å²) in [6, 6.07) is 10.9. The molecule has 1 N–H and O–H groups in total. The molecule has 0 saturated carbocycles. The number of aryl methyl sites for hydroxylation is 2. The van der Waals surface area contributed by atoms with Gasteiger partial charge in [-0.1, -0.05) is 67.1 Å². The van der Waals surface area contributed by atoms with Gasteiger partial charge in [-0.2, -0.15) is 5.26 Å². The first-order valence-electron chi connectivity index (χ1n) is 9.98. The van der Waals surface area contributed by atoms with E-state index in [1.807, 2.05) is 38.1 Å². The predicted molar refractivity (Wildman–Crippen MR) is 124 cm³/mol. The Morgan fingerprint density at radius 3 is 2.43 bits per heavy atom. The van der Waals surface area contributed by atoms with Crippen molar-refractivity contribution in [3.05, 3.63) is 62.6 Å². The summed E-state index contributed by atoms with van der Waals surface area (Å²) in [7, 11) is 0. The van der Waals surface area contributed by atoms with Gasteiger partial charge in [0, 0.05) is 5.69 Å². The monoisotopic (exact) mass is 444 g/mol. The first-order valence-corrected chi connectivity index (χ1v) is 10.7. The predicted octanol–water partition coefficient (Wildman–Crippen LogP) is 7.12. The SMILES string of the molecule is CCCCCCOc1c(Cl)cc(/C=C(\C#N)C(=O)Nc2ccc(C)cc2C)cc1Cl. The molecular formula is C24H26Cl2N2O2. The smallest absolute Gasteiger partial charge is 0.266 e. The summed E-state index contributed by atoms with van der Waals surface area (Å²) in [6.45, 7) is 6.57. The number of benzene rings is 2. The van der Waals surface area contributed by atoms with Crippen molar-refractivity contribution in [2.24, 2.45) is 0 Å². The highest BCUT2D eigenvalue weighted by molar-refractivity contribution is 6.37. The van der Waals surface area contributed by atoms with Crippen molar-refractivity contribution in [1.29, 1.82) is 5.26 Å². The number of nitriles is 1. The maximum absolute atomic E-state index is 12.6. The fraction of sp³-hybridized carbons (Fsp3) is 0.333. The molecule has 2 aromatic rings. The molecule has 0 bridgehead atoms. The zero-order valence-corrected chi connectivity index (χ0v) is 19.0. The van der Waals surface area contributed by atoms with Crippen LogP contribution in [0.15, 0.2) is 35.9 Å². The van der Waals surface area contributed by atoms with Gasteiger partial charge in [0.2, 0.25) is 0 Å². The van der Waals surface area contributed by atoms with Gasteiger partial charge in [0.1, 0.15) is 11.6 Å². The van der Waals surface area contributed by atoms with E-state index in [0.29, 0.717) is 33.7 Å². The highest BCUT2D eigenvalue weighted by atomic mass is 35.5. The lowest BCUT2D eigenvalue weighted by molar-refractivity contribution is -0.112. The number of carbonyl (C=O) groups excluding carboxylic acids is 1. The van der Waals surface area contributed by atoms with E-state index in [4.69, 9.17) is 27.9 Å². The summed E-state index contributed by atoms with van der Waals surface area (Å²) in [5.41, 5.74) is 3.19. The Morgan fingerprint density at radius 1 is 1.13 bits per heavy atom. The average molecular weight is 445 g/mol. The molecule has 0 spiro atoms. The van der Waals surface area contributed by atoms with E-state index < -0.39 is 5.91 Å². The van der Waals surface area contributed by atoms with Crippen LogP contribution < -0.4 is 10.1 Å². The van der Waals surface area contributed by atoms with E-state index in [1.165, 1.54) is 6.08 Å². The van der Waals surface area contributed by atoms with Gasteiger partial charge in [0.05, 0.1) is 16.7 Å². The Hall–Kier alpha value is -2.48. The van der Waals surface area contributed by atoms with Gasteiger partial charge in [0.15, 0.2) is 5.75 Å². The van der Waals surface area contributed by atoms with Gasteiger partial charge in [-0.05, 0) is 55.7 Å². The molecular weight excluding hydrogens is 419 g/mol. The minimum absolute atomic E-state index is 0.0460. The van der Waals surface area contributed by atoms with Gasteiger partial charge in [0.25, 0.3) is 5.91 Å². The van der Waals surface area contributed by atoms with Gasteiger partial charge in [-0.25, -0.2) is 0 Å². The summed E-state index contributed by atoms with van der Waals surface area (Å²) in [4.78, 5) is 12.6. The number of unbranched alkanes of at least 4 members (excludes halogenated alkanes) is 3. The van der Waals surface area contributed by atoms with Gasteiger partial charge >= 0.3 is 0 Å². The third-order valence-electron chi connectivity index (χ3n) is 4.57. The Kier molecular flexibility index (Phi) is 9.23. The van der Waals surface area contributed by atoms with Crippen molar-refractivity contribution in [3.8, 4) is 11.8 Å². The summed E-state index contributed by atoms with van der Waals surface area (Å²) in [6.07, 6.45) is 5.80. The van der Waals surface area contributed by atoms with Crippen molar-refractivity contribution >= 4 is 40.9 Å². The third-order valence-corrected chi connectivity index (χ3v) is 5.13. The second-order valence-electron chi connectivity index (χ2n) is 7.17. The van der Waals surface area contributed by atoms with Crippen LogP contribution in [0.2, 0.25) is 10.0 Å². The minimum Gasteiger partial charge on any atom is -0.490 e. The van der Waals surface area contributed by atoms with Crippen LogP contribution >= 0.6 is 23.2 Å². The number of carbonyl (C=O) groups is 1. The van der Waals surface area contributed by atoms with E-state index in [-0.39, 0.29) is 5.57 Å². The Bertz CT molecular complexity index is 955. The number of hydrogen-bond acceptors (Lipinski definition) is 3. The Morgan fingerprint density at radius 2 is 1.83 bits per heavy atom. The van der Waals surface area contributed by atoms with Crippen LogP contribution in [0.1, 0.15) is 49.3 Å². The van der Waals surface area contributed by atoms with Gasteiger partial charge in [-0.3, -0.25) is 4.79 Å². The topological polar surface area (TPSA) is 62.1 Å². The summed E-state index contributed by atoms with van der Waals surface area (Å²) in [5, 5.41) is 12.9. The van der Waals surface area contributed by atoms with E-state index in [9.17, 15) is 10.1 Å². The van der Waals surface area contributed by atoms with Crippen molar-refractivity contribution in [3.63, 3.8) is 0 Å². The van der Waals surface area contributed by atoms with Crippen molar-refractivity contribution in [2.75, 3.05) is 11.9 Å². The fourth-order valence-electron chi connectivity index (χ4n) is 2.96. The summed E-state index contributed by atoms with van der Waals surface area (Å²) < 4.78 is 5.72. The average Bonchev–Trinajstić information content (AvgIpc) is 2.69. The Labute approximate surface area is 188 Å². The second kappa shape index (κ2) is 11.6. The maximum atomic E-state index is 12.6. The normalized spacial score (nSPS) is 11.1. The number of nitrogens with zero attached hydrogens (tertiary/aromatic N) is 1. The molecule has 0 atom stereocenters. The molecule has 0 unspecified atom stereocenters. The zero-order valence-electron chi connectivity index (χ0n) is 17.5. The van der Waals surface area contributed by atoms with Crippen LogP contribution in [-0.2, 0) is 4.79 Å². The van der Waals surface area contributed by atoms with Crippen LogP contribution in [0.4, 0.5) is 5.69 Å². The first-order chi connectivity index (χ1) is 14.3. The molecule has 158 valence electrons. The van der Waals surface area contributed by atoms with Gasteiger partial charge < -0.3 is 10.1 Å². The Balaban J connectivity index is 2.14. The molecule has 4 nitrogen and oxygen atoms in total. The fourth-order valence-corrected chi connectivity index (χ4v) is 3.58. The van der Waals surface area contributed by atoms with Gasteiger partial charge in [-0.15, -0.1) is 0 Å². The molecule has 0 aliphatic rings. The quantitative estimate of drug-likeness (QED) is 0.254. The highest BCUT2D eigenvalue weighted by Crippen LogP contribution is 2.35. The van der Waals surface area contributed by atoms with Crippen LogP contribution in [0.3, 0.4) is 0 Å². The summed E-state index contributed by atoms with van der Waals surface area (Å²) >= 11 is 12.6. The number of amides is 1. The number of ether oxygens (including phenoxy) is 1. The van der Waals surface area contributed by atoms with E-state index in [1.54, 1.807) is 12.1 Å².